The Bertz CT molecular complexity index is 409. The number of aliphatic hydroxyl groups is 1. The first kappa shape index (κ1) is 15.0. The number of halogens is 1. The van der Waals surface area contributed by atoms with Gasteiger partial charge in [0.05, 0.1) is 0 Å². The van der Waals surface area contributed by atoms with Gasteiger partial charge in [0.1, 0.15) is 0 Å². The fourth-order valence-corrected chi connectivity index (χ4v) is 1.88. The molecule has 1 amide bonds. The highest BCUT2D eigenvalue weighted by molar-refractivity contribution is 6.17. The van der Waals surface area contributed by atoms with E-state index in [4.69, 9.17) is 16.7 Å². The minimum atomic E-state index is -0.372. The van der Waals surface area contributed by atoms with Crippen molar-refractivity contribution >= 4 is 17.5 Å². The zero-order valence-corrected chi connectivity index (χ0v) is 11.6. The summed E-state index contributed by atoms with van der Waals surface area (Å²) < 4.78 is 0. The number of hydrogen-bond donors (Lipinski definition) is 2. The first-order valence-corrected chi connectivity index (χ1v) is 6.66. The molecule has 100 valence electrons. The first-order chi connectivity index (χ1) is 8.54. The smallest absolute Gasteiger partial charge is 0.251 e. The highest BCUT2D eigenvalue weighted by atomic mass is 35.5. The molecule has 1 aromatic carbocycles. The lowest BCUT2D eigenvalue weighted by molar-refractivity contribution is 0.0886. The normalized spacial score (nSPS) is 14.0. The van der Waals surface area contributed by atoms with E-state index in [1.54, 1.807) is 12.1 Å². The third kappa shape index (κ3) is 4.00. The van der Waals surface area contributed by atoms with Crippen LogP contribution in [0.3, 0.4) is 0 Å². The monoisotopic (exact) mass is 269 g/mol. The molecule has 1 atom stereocenters. The van der Waals surface area contributed by atoms with Crippen LogP contribution in [0.2, 0.25) is 0 Å². The van der Waals surface area contributed by atoms with Gasteiger partial charge in [0.2, 0.25) is 0 Å². The summed E-state index contributed by atoms with van der Waals surface area (Å²) >= 11 is 5.75. The third-order valence-corrected chi connectivity index (χ3v) is 3.51. The molecule has 0 aromatic heterocycles. The Morgan fingerprint density at radius 2 is 2.22 bits per heavy atom. The molecule has 1 rings (SSSR count). The van der Waals surface area contributed by atoms with E-state index in [1.165, 1.54) is 0 Å². The van der Waals surface area contributed by atoms with E-state index >= 15 is 0 Å². The molecule has 0 bridgehead atoms. The van der Waals surface area contributed by atoms with Gasteiger partial charge in [0, 0.05) is 23.6 Å². The number of carbonyl (C=O) groups is 1. The summed E-state index contributed by atoms with van der Waals surface area (Å²) in [5.74, 6) is 0.266. The van der Waals surface area contributed by atoms with Crippen LogP contribution in [0.15, 0.2) is 24.3 Å². The van der Waals surface area contributed by atoms with Gasteiger partial charge >= 0.3 is 0 Å². The van der Waals surface area contributed by atoms with Crippen LogP contribution in [-0.4, -0.2) is 23.2 Å². The highest BCUT2D eigenvalue weighted by Crippen LogP contribution is 2.16. The maximum absolute atomic E-state index is 12.1. The number of rotatable bonds is 6. The van der Waals surface area contributed by atoms with Crippen molar-refractivity contribution in [3.8, 4) is 0 Å². The predicted molar refractivity (Wildman–Crippen MR) is 73.9 cm³/mol. The molecule has 0 aliphatic heterocycles. The summed E-state index contributed by atoms with van der Waals surface area (Å²) in [5.41, 5.74) is 1.15. The molecule has 3 nitrogen and oxygen atoms in total. The lowest BCUT2D eigenvalue weighted by atomic mass is 9.94. The van der Waals surface area contributed by atoms with Gasteiger partial charge in [-0.05, 0) is 37.5 Å². The second kappa shape index (κ2) is 6.76. The van der Waals surface area contributed by atoms with Gasteiger partial charge in [0.15, 0.2) is 0 Å². The van der Waals surface area contributed by atoms with E-state index in [1.807, 2.05) is 26.0 Å². The zero-order chi connectivity index (χ0) is 13.6. The largest absolute Gasteiger partial charge is 0.396 e. The number of carbonyl (C=O) groups excluding carboxylic acids is 1. The number of aliphatic hydroxyl groups excluding tert-OH is 1. The molecule has 1 aromatic rings. The zero-order valence-electron chi connectivity index (χ0n) is 10.9. The number of amides is 1. The predicted octanol–water partition coefficient (Wildman–Crippen LogP) is 2.71. The molecule has 0 saturated heterocycles. The van der Waals surface area contributed by atoms with Crippen molar-refractivity contribution in [1.29, 1.82) is 0 Å². The maximum Gasteiger partial charge on any atom is 0.251 e. The SMILES string of the molecule is CCC(C)(CCO)NC(=O)c1cccc(CCl)c1. The van der Waals surface area contributed by atoms with E-state index in [0.717, 1.165) is 12.0 Å². The van der Waals surface area contributed by atoms with Crippen molar-refractivity contribution in [2.45, 2.75) is 38.1 Å². The topological polar surface area (TPSA) is 49.3 Å². The summed E-state index contributed by atoms with van der Waals surface area (Å²) in [6, 6.07) is 7.26. The molecule has 0 aliphatic carbocycles. The molecule has 0 heterocycles. The van der Waals surface area contributed by atoms with Gasteiger partial charge in [0.25, 0.3) is 5.91 Å². The average molecular weight is 270 g/mol. The van der Waals surface area contributed by atoms with E-state index in [-0.39, 0.29) is 18.1 Å². The minimum Gasteiger partial charge on any atom is -0.396 e. The maximum atomic E-state index is 12.1. The fraction of sp³-hybridized carbons (Fsp3) is 0.500. The molecular formula is C14H20ClNO2. The molecule has 18 heavy (non-hydrogen) atoms. The van der Waals surface area contributed by atoms with Crippen molar-refractivity contribution in [3.63, 3.8) is 0 Å². The van der Waals surface area contributed by atoms with Gasteiger partial charge in [-0.3, -0.25) is 4.79 Å². The molecule has 4 heteroatoms. The van der Waals surface area contributed by atoms with E-state index in [2.05, 4.69) is 5.32 Å². The Kier molecular flexibility index (Phi) is 5.63. The van der Waals surface area contributed by atoms with E-state index in [0.29, 0.717) is 17.9 Å². The van der Waals surface area contributed by atoms with Crippen molar-refractivity contribution < 1.29 is 9.90 Å². The highest BCUT2D eigenvalue weighted by Gasteiger charge is 2.24. The second-order valence-corrected chi connectivity index (χ2v) is 4.94. The summed E-state index contributed by atoms with van der Waals surface area (Å²) in [7, 11) is 0. The number of alkyl halides is 1. The lowest BCUT2D eigenvalue weighted by Gasteiger charge is -2.29. The van der Waals surface area contributed by atoms with Crippen LogP contribution >= 0.6 is 11.6 Å². The summed E-state index contributed by atoms with van der Waals surface area (Å²) in [4.78, 5) is 12.1. The molecule has 2 N–H and O–H groups in total. The number of benzene rings is 1. The molecular weight excluding hydrogens is 250 g/mol. The summed E-state index contributed by atoms with van der Waals surface area (Å²) in [6.45, 7) is 3.99. The van der Waals surface area contributed by atoms with Gasteiger partial charge < -0.3 is 10.4 Å². The van der Waals surface area contributed by atoms with Crippen LogP contribution in [0.25, 0.3) is 0 Å². The molecule has 0 saturated carbocycles. The Hall–Kier alpha value is -1.06. The summed E-state index contributed by atoms with van der Waals surface area (Å²) in [5, 5.41) is 12.0. The number of nitrogens with one attached hydrogen (secondary N) is 1. The van der Waals surface area contributed by atoms with Crippen LogP contribution in [0.4, 0.5) is 0 Å². The van der Waals surface area contributed by atoms with Gasteiger partial charge in [-0.1, -0.05) is 19.1 Å². The van der Waals surface area contributed by atoms with Crippen molar-refractivity contribution in [2.75, 3.05) is 6.61 Å². The Morgan fingerprint density at radius 1 is 1.50 bits per heavy atom. The van der Waals surface area contributed by atoms with Gasteiger partial charge in [-0.25, -0.2) is 0 Å². The Balaban J connectivity index is 2.80. The van der Waals surface area contributed by atoms with Crippen LogP contribution in [-0.2, 0) is 5.88 Å². The fourth-order valence-electron chi connectivity index (χ4n) is 1.72. The van der Waals surface area contributed by atoms with Crippen molar-refractivity contribution in [1.82, 2.24) is 5.32 Å². The van der Waals surface area contributed by atoms with Crippen LogP contribution in [0, 0.1) is 0 Å². The van der Waals surface area contributed by atoms with Crippen molar-refractivity contribution in [2.24, 2.45) is 0 Å². The van der Waals surface area contributed by atoms with Crippen LogP contribution in [0.5, 0.6) is 0 Å². The number of hydrogen-bond acceptors (Lipinski definition) is 2. The third-order valence-electron chi connectivity index (χ3n) is 3.20. The van der Waals surface area contributed by atoms with E-state index < -0.39 is 0 Å². The Labute approximate surface area is 113 Å². The molecule has 0 radical (unpaired) electrons. The first-order valence-electron chi connectivity index (χ1n) is 6.13. The minimum absolute atomic E-state index is 0.0618. The van der Waals surface area contributed by atoms with E-state index in [9.17, 15) is 4.79 Å². The quantitative estimate of drug-likeness (QED) is 0.780. The summed E-state index contributed by atoms with van der Waals surface area (Å²) in [6.07, 6.45) is 1.32. The lowest BCUT2D eigenvalue weighted by Crippen LogP contribution is -2.46. The Morgan fingerprint density at radius 3 is 2.78 bits per heavy atom. The second-order valence-electron chi connectivity index (χ2n) is 4.68. The average Bonchev–Trinajstić information content (AvgIpc) is 2.39. The standard InChI is InChI=1S/C14H20ClNO2/c1-3-14(2,7-8-17)16-13(18)12-6-4-5-11(9-12)10-15/h4-6,9,17H,3,7-8,10H2,1-2H3,(H,16,18). The molecule has 1 unspecified atom stereocenters. The van der Waals surface area contributed by atoms with Gasteiger partial charge in [-0.15, -0.1) is 11.6 Å². The van der Waals surface area contributed by atoms with Crippen LogP contribution < -0.4 is 5.32 Å². The molecule has 0 aliphatic rings. The molecule has 0 fully saturated rings. The molecule has 0 spiro atoms. The van der Waals surface area contributed by atoms with Crippen LogP contribution in [0.1, 0.15) is 42.6 Å². The van der Waals surface area contributed by atoms with Gasteiger partial charge in [-0.2, -0.15) is 0 Å². The van der Waals surface area contributed by atoms with Crippen molar-refractivity contribution in [3.05, 3.63) is 35.4 Å².